The van der Waals surface area contributed by atoms with E-state index in [1.807, 2.05) is 84.9 Å². The Bertz CT molecular complexity index is 2430. The first-order chi connectivity index (χ1) is 24.2. The van der Waals surface area contributed by atoms with E-state index in [4.69, 9.17) is 9.90 Å². The molecule has 0 saturated heterocycles. The number of anilines is 3. The fourth-order valence-corrected chi connectivity index (χ4v) is 6.51. The highest BCUT2D eigenvalue weighted by atomic mass is 16.3. The standard InChI is InChI=1S/C43H34N2O/c1-3-35-37-14-8-9-15-38(37)36(4-2)40-28-31(22-27-39(35)40)29-18-23-33(24-19-29)45(32-12-6-5-7-13-32)34-25-20-30(21-26-34)43-44-41-16-10-11-17-42(41)46-43/h5-28H,3-4H2,1-2H3/i1D2,4D2. The van der Waals surface area contributed by atoms with E-state index < -0.39 is 13.2 Å². The van der Waals surface area contributed by atoms with Gasteiger partial charge in [-0.15, -0.1) is 0 Å². The van der Waals surface area contributed by atoms with Crippen molar-refractivity contribution in [1.29, 1.82) is 0 Å². The molecule has 0 radical (unpaired) electrons. The van der Waals surface area contributed by atoms with E-state index in [1.54, 1.807) is 6.92 Å². The molecule has 3 heteroatoms. The summed E-state index contributed by atoms with van der Waals surface area (Å²) in [4.78, 5) is 6.87. The third kappa shape index (κ3) is 4.81. The van der Waals surface area contributed by atoms with Crippen LogP contribution in [0.2, 0.25) is 0 Å². The van der Waals surface area contributed by atoms with Crippen LogP contribution in [0.15, 0.2) is 150 Å². The van der Waals surface area contributed by atoms with Crippen molar-refractivity contribution < 1.29 is 9.90 Å². The Labute approximate surface area is 275 Å². The van der Waals surface area contributed by atoms with E-state index >= 15 is 0 Å². The van der Waals surface area contributed by atoms with Crippen molar-refractivity contribution >= 4 is 49.7 Å². The Morgan fingerprint density at radius 1 is 0.587 bits per heavy atom. The second kappa shape index (κ2) is 11.7. The van der Waals surface area contributed by atoms with Crippen LogP contribution in [0.25, 0.3) is 55.2 Å². The fraction of sp³-hybridized carbons (Fsp3) is 0.0930. The zero-order valence-electron chi connectivity index (χ0n) is 29.4. The molecule has 3 nitrogen and oxygen atoms in total. The summed E-state index contributed by atoms with van der Waals surface area (Å²) in [6, 6.07) is 48.6. The maximum absolute atomic E-state index is 8.83. The number of benzene rings is 7. The van der Waals surface area contributed by atoms with Crippen molar-refractivity contribution in [2.45, 2.75) is 26.6 Å². The highest BCUT2D eigenvalue weighted by Gasteiger charge is 2.16. The van der Waals surface area contributed by atoms with Crippen LogP contribution in [0.5, 0.6) is 0 Å². The van der Waals surface area contributed by atoms with Gasteiger partial charge in [-0.05, 0) is 123 Å². The molecule has 0 aliphatic heterocycles. The predicted molar refractivity (Wildman–Crippen MR) is 193 cm³/mol. The van der Waals surface area contributed by atoms with Gasteiger partial charge in [-0.25, -0.2) is 4.98 Å². The number of rotatable bonds is 7. The fourth-order valence-electron chi connectivity index (χ4n) is 6.51. The average Bonchev–Trinajstić information content (AvgIpc) is 3.56. The summed E-state index contributed by atoms with van der Waals surface area (Å²) in [5.41, 5.74) is 9.03. The minimum absolute atomic E-state index is 0.267. The number of fused-ring (bicyclic) bond motifs is 3. The Morgan fingerprint density at radius 3 is 1.87 bits per heavy atom. The molecule has 0 aliphatic carbocycles. The van der Waals surface area contributed by atoms with Crippen LogP contribution in [0.1, 0.15) is 30.4 Å². The Balaban J connectivity index is 1.19. The lowest BCUT2D eigenvalue weighted by molar-refractivity contribution is 0.620. The molecule has 0 amide bonds. The molecule has 8 rings (SSSR count). The largest absolute Gasteiger partial charge is 0.436 e. The van der Waals surface area contributed by atoms with Crippen molar-refractivity contribution in [1.82, 2.24) is 4.98 Å². The molecule has 0 bridgehead atoms. The van der Waals surface area contributed by atoms with Crippen molar-refractivity contribution in [2.24, 2.45) is 0 Å². The summed E-state index contributed by atoms with van der Waals surface area (Å²) in [5.74, 6) is 0.586. The van der Waals surface area contributed by atoms with Crippen molar-refractivity contribution in [3.63, 3.8) is 0 Å². The lowest BCUT2D eigenvalue weighted by atomic mass is 9.88. The Morgan fingerprint density at radius 2 is 1.17 bits per heavy atom. The summed E-state index contributed by atoms with van der Waals surface area (Å²) in [6.07, 6.45) is -1.34. The van der Waals surface area contributed by atoms with Crippen LogP contribution in [-0.4, -0.2) is 4.98 Å². The van der Waals surface area contributed by atoms with E-state index in [0.29, 0.717) is 11.5 Å². The van der Waals surface area contributed by atoms with E-state index in [2.05, 4.69) is 70.5 Å². The lowest BCUT2D eigenvalue weighted by Crippen LogP contribution is -2.09. The number of para-hydroxylation sites is 3. The first-order valence-electron chi connectivity index (χ1n) is 17.6. The summed E-state index contributed by atoms with van der Waals surface area (Å²) < 4.78 is 39.8. The SMILES string of the molecule is [2H]C([2H])Cc1c2ccccc2c(C([2H])([2H])C)c2cc(-c3ccc(N(c4ccccc4)c4ccc(-c5nc6ccccc6o5)cc4)cc3)ccc12. The first kappa shape index (κ1) is 23.7. The van der Waals surface area contributed by atoms with Gasteiger partial charge in [0.25, 0.3) is 0 Å². The maximum Gasteiger partial charge on any atom is 0.227 e. The number of aryl methyl sites for hydroxylation is 2. The van der Waals surface area contributed by atoms with E-state index in [9.17, 15) is 0 Å². The third-order valence-electron chi connectivity index (χ3n) is 8.73. The molecule has 8 aromatic rings. The smallest absolute Gasteiger partial charge is 0.227 e. The second-order valence-corrected chi connectivity index (χ2v) is 11.4. The van der Waals surface area contributed by atoms with E-state index in [0.717, 1.165) is 72.0 Å². The topological polar surface area (TPSA) is 29.3 Å². The van der Waals surface area contributed by atoms with Crippen LogP contribution in [-0.2, 0) is 12.8 Å². The number of hydrogen-bond acceptors (Lipinski definition) is 3. The quantitative estimate of drug-likeness (QED) is 0.171. The average molecular weight is 599 g/mol. The van der Waals surface area contributed by atoms with Gasteiger partial charge in [0.05, 0.1) is 0 Å². The van der Waals surface area contributed by atoms with Crippen LogP contribution in [0.3, 0.4) is 0 Å². The molecule has 0 aliphatic rings. The molecule has 7 aromatic carbocycles. The Kier molecular flexibility index (Phi) is 6.01. The predicted octanol–water partition coefficient (Wildman–Crippen LogP) is 12.1. The molecule has 1 aromatic heterocycles. The monoisotopic (exact) mass is 598 g/mol. The summed E-state index contributed by atoms with van der Waals surface area (Å²) in [6.45, 7) is 0.578. The highest BCUT2D eigenvalue weighted by molar-refractivity contribution is 6.07. The lowest BCUT2D eigenvalue weighted by Gasteiger charge is -2.25. The van der Waals surface area contributed by atoms with Gasteiger partial charge in [-0.3, -0.25) is 0 Å². The summed E-state index contributed by atoms with van der Waals surface area (Å²) in [5, 5.41) is 3.45. The minimum atomic E-state index is -1.60. The molecule has 0 fully saturated rings. The molecule has 1 heterocycles. The first-order valence-corrected chi connectivity index (χ1v) is 15.5. The third-order valence-corrected chi connectivity index (χ3v) is 8.73. The van der Waals surface area contributed by atoms with Crippen LogP contribution in [0.4, 0.5) is 17.1 Å². The van der Waals surface area contributed by atoms with Gasteiger partial charge in [0, 0.05) is 28.1 Å². The molecular weight excluding hydrogens is 560 g/mol. The molecule has 0 saturated carbocycles. The molecule has 0 atom stereocenters. The van der Waals surface area contributed by atoms with Crippen molar-refractivity contribution in [2.75, 3.05) is 4.90 Å². The molecular formula is C43H34N2O. The number of aromatic nitrogens is 1. The van der Waals surface area contributed by atoms with E-state index in [1.165, 1.54) is 0 Å². The van der Waals surface area contributed by atoms with Crippen LogP contribution < -0.4 is 4.90 Å². The molecule has 0 spiro atoms. The minimum Gasteiger partial charge on any atom is -0.436 e. The van der Waals surface area contributed by atoms with Crippen LogP contribution >= 0.6 is 0 Å². The van der Waals surface area contributed by atoms with Gasteiger partial charge in [0.2, 0.25) is 5.89 Å². The molecule has 46 heavy (non-hydrogen) atoms. The van der Waals surface area contributed by atoms with Crippen molar-refractivity contribution in [3.05, 3.63) is 157 Å². The van der Waals surface area contributed by atoms with E-state index in [-0.39, 0.29) is 6.42 Å². The summed E-state index contributed by atoms with van der Waals surface area (Å²) >= 11 is 0. The van der Waals surface area contributed by atoms with Gasteiger partial charge >= 0.3 is 0 Å². The van der Waals surface area contributed by atoms with Gasteiger partial charge in [0.1, 0.15) is 5.52 Å². The molecule has 0 unspecified atom stereocenters. The van der Waals surface area contributed by atoms with Gasteiger partial charge < -0.3 is 9.32 Å². The van der Waals surface area contributed by atoms with Gasteiger partial charge in [-0.1, -0.05) is 92.7 Å². The number of hydrogen-bond donors (Lipinski definition) is 0. The van der Waals surface area contributed by atoms with Crippen molar-refractivity contribution in [3.8, 4) is 22.6 Å². The molecule has 0 N–H and O–H groups in total. The second-order valence-electron chi connectivity index (χ2n) is 11.4. The zero-order chi connectivity index (χ0) is 34.4. The van der Waals surface area contributed by atoms with Crippen LogP contribution in [0, 0.1) is 0 Å². The summed E-state index contributed by atoms with van der Waals surface area (Å²) in [7, 11) is 0. The Hall–Kier alpha value is -5.67. The highest BCUT2D eigenvalue weighted by Crippen LogP contribution is 2.39. The normalized spacial score (nSPS) is 13.1. The zero-order valence-corrected chi connectivity index (χ0v) is 25.4. The van der Waals surface area contributed by atoms with Gasteiger partial charge in [-0.2, -0.15) is 0 Å². The number of nitrogens with zero attached hydrogens (tertiary/aromatic N) is 2. The maximum atomic E-state index is 8.83. The van der Waals surface area contributed by atoms with Gasteiger partial charge in [0.15, 0.2) is 5.58 Å². The number of oxazole rings is 1. The molecule has 222 valence electrons.